The summed E-state index contributed by atoms with van der Waals surface area (Å²) in [5.41, 5.74) is 6.05. The van der Waals surface area contributed by atoms with E-state index in [0.717, 1.165) is 25.8 Å². The summed E-state index contributed by atoms with van der Waals surface area (Å²) in [6.45, 7) is 6.34. The number of nitrogens with zero attached hydrogens (tertiary/aromatic N) is 1. The number of piperidine rings is 1. The summed E-state index contributed by atoms with van der Waals surface area (Å²) >= 11 is 0. The Hall–Kier alpha value is -0.650. The molecule has 112 valence electrons. The van der Waals surface area contributed by atoms with E-state index in [9.17, 15) is 4.79 Å². The predicted molar refractivity (Wildman–Crippen MR) is 77.0 cm³/mol. The molecule has 1 fully saturated rings. The molecule has 0 aromatic heterocycles. The SMILES string of the molecule is COCCCNC(=O)C(C)N1CCCCC1C(C)N. The molecule has 0 bridgehead atoms. The molecule has 0 radical (unpaired) electrons. The second kappa shape index (κ2) is 8.51. The van der Waals surface area contributed by atoms with Gasteiger partial charge in [-0.15, -0.1) is 0 Å². The zero-order chi connectivity index (χ0) is 14.3. The number of ether oxygens (including phenoxy) is 1. The Morgan fingerprint density at radius 1 is 1.47 bits per heavy atom. The summed E-state index contributed by atoms with van der Waals surface area (Å²) in [5, 5.41) is 2.97. The van der Waals surface area contributed by atoms with Gasteiger partial charge in [-0.1, -0.05) is 6.42 Å². The average Bonchev–Trinajstić information content (AvgIpc) is 2.42. The molecule has 1 amide bonds. The Morgan fingerprint density at radius 2 is 2.21 bits per heavy atom. The largest absolute Gasteiger partial charge is 0.385 e. The van der Waals surface area contributed by atoms with Crippen molar-refractivity contribution in [1.82, 2.24) is 10.2 Å². The van der Waals surface area contributed by atoms with Crippen LogP contribution in [-0.4, -0.2) is 55.7 Å². The fourth-order valence-corrected chi connectivity index (χ4v) is 2.75. The van der Waals surface area contributed by atoms with Crippen LogP contribution in [-0.2, 0) is 9.53 Å². The van der Waals surface area contributed by atoms with Gasteiger partial charge in [0.15, 0.2) is 0 Å². The number of hydrogen-bond acceptors (Lipinski definition) is 4. The number of carbonyl (C=O) groups excluding carboxylic acids is 1. The van der Waals surface area contributed by atoms with E-state index in [1.807, 2.05) is 13.8 Å². The van der Waals surface area contributed by atoms with Gasteiger partial charge in [0.2, 0.25) is 5.91 Å². The van der Waals surface area contributed by atoms with Gasteiger partial charge >= 0.3 is 0 Å². The van der Waals surface area contributed by atoms with Crippen molar-refractivity contribution in [2.24, 2.45) is 5.73 Å². The topological polar surface area (TPSA) is 67.6 Å². The first-order valence-electron chi connectivity index (χ1n) is 7.36. The van der Waals surface area contributed by atoms with E-state index in [-0.39, 0.29) is 18.0 Å². The lowest BCUT2D eigenvalue weighted by molar-refractivity contribution is -0.127. The molecule has 5 heteroatoms. The molecule has 1 saturated heterocycles. The van der Waals surface area contributed by atoms with Gasteiger partial charge in [0.05, 0.1) is 6.04 Å². The van der Waals surface area contributed by atoms with E-state index in [4.69, 9.17) is 10.5 Å². The number of nitrogens with two attached hydrogens (primary N) is 1. The molecule has 3 atom stereocenters. The lowest BCUT2D eigenvalue weighted by Crippen LogP contribution is -2.56. The van der Waals surface area contributed by atoms with Crippen LogP contribution < -0.4 is 11.1 Å². The molecule has 5 nitrogen and oxygen atoms in total. The van der Waals surface area contributed by atoms with Crippen LogP contribution >= 0.6 is 0 Å². The molecule has 0 aliphatic carbocycles. The number of likely N-dealkylation sites (tertiary alicyclic amines) is 1. The summed E-state index contributed by atoms with van der Waals surface area (Å²) < 4.78 is 4.97. The first-order chi connectivity index (χ1) is 9.07. The van der Waals surface area contributed by atoms with Crippen molar-refractivity contribution in [2.45, 2.75) is 57.7 Å². The Labute approximate surface area is 116 Å². The second-order valence-electron chi connectivity index (χ2n) is 5.47. The molecule has 1 rings (SSSR count). The molecule has 19 heavy (non-hydrogen) atoms. The number of carbonyl (C=O) groups is 1. The molecule has 0 spiro atoms. The second-order valence-corrected chi connectivity index (χ2v) is 5.47. The minimum atomic E-state index is -0.0983. The number of methoxy groups -OCH3 is 1. The molecular formula is C14H29N3O2. The van der Waals surface area contributed by atoms with E-state index in [1.165, 1.54) is 6.42 Å². The molecule has 1 aliphatic rings. The highest BCUT2D eigenvalue weighted by molar-refractivity contribution is 5.81. The van der Waals surface area contributed by atoms with E-state index < -0.39 is 0 Å². The van der Waals surface area contributed by atoms with E-state index in [0.29, 0.717) is 19.2 Å². The van der Waals surface area contributed by atoms with Crippen LogP contribution in [0.3, 0.4) is 0 Å². The summed E-state index contributed by atoms with van der Waals surface area (Å²) in [5.74, 6) is 0.101. The lowest BCUT2D eigenvalue weighted by Gasteiger charge is -2.41. The van der Waals surface area contributed by atoms with E-state index in [2.05, 4.69) is 10.2 Å². The zero-order valence-corrected chi connectivity index (χ0v) is 12.5. The van der Waals surface area contributed by atoms with Gasteiger partial charge < -0.3 is 15.8 Å². The van der Waals surface area contributed by atoms with Gasteiger partial charge in [-0.2, -0.15) is 0 Å². The van der Waals surface area contributed by atoms with Gasteiger partial charge in [0.1, 0.15) is 0 Å². The normalized spacial score (nSPS) is 23.9. The fourth-order valence-electron chi connectivity index (χ4n) is 2.75. The summed E-state index contributed by atoms with van der Waals surface area (Å²) in [7, 11) is 1.67. The van der Waals surface area contributed by atoms with Crippen molar-refractivity contribution >= 4 is 5.91 Å². The third-order valence-corrected chi connectivity index (χ3v) is 3.90. The standard InChI is InChI=1S/C14H29N3O2/c1-11(15)13-7-4-5-9-17(13)12(2)14(18)16-8-6-10-19-3/h11-13H,4-10,15H2,1-3H3,(H,16,18). The maximum atomic E-state index is 12.1. The van der Waals surface area contributed by atoms with Crippen LogP contribution in [0.15, 0.2) is 0 Å². The minimum Gasteiger partial charge on any atom is -0.385 e. The Balaban J connectivity index is 2.44. The van der Waals surface area contributed by atoms with Crippen LogP contribution in [0.1, 0.15) is 39.5 Å². The van der Waals surface area contributed by atoms with Crippen LogP contribution in [0.25, 0.3) is 0 Å². The smallest absolute Gasteiger partial charge is 0.237 e. The number of hydrogen-bond donors (Lipinski definition) is 2. The van der Waals surface area contributed by atoms with Crippen LogP contribution in [0.2, 0.25) is 0 Å². The van der Waals surface area contributed by atoms with Gasteiger partial charge in [-0.3, -0.25) is 9.69 Å². The minimum absolute atomic E-state index is 0.0983. The lowest BCUT2D eigenvalue weighted by atomic mass is 9.95. The van der Waals surface area contributed by atoms with Crippen LogP contribution in [0, 0.1) is 0 Å². The highest BCUT2D eigenvalue weighted by Gasteiger charge is 2.31. The van der Waals surface area contributed by atoms with Gasteiger partial charge in [-0.05, 0) is 39.7 Å². The van der Waals surface area contributed by atoms with Crippen molar-refractivity contribution in [2.75, 3.05) is 26.8 Å². The van der Waals surface area contributed by atoms with Crippen molar-refractivity contribution < 1.29 is 9.53 Å². The number of rotatable bonds is 7. The predicted octanol–water partition coefficient (Wildman–Crippen LogP) is 0.729. The van der Waals surface area contributed by atoms with Crippen molar-refractivity contribution in [3.05, 3.63) is 0 Å². The zero-order valence-electron chi connectivity index (χ0n) is 12.5. The Bertz CT molecular complexity index is 271. The van der Waals surface area contributed by atoms with E-state index in [1.54, 1.807) is 7.11 Å². The Morgan fingerprint density at radius 3 is 2.84 bits per heavy atom. The van der Waals surface area contributed by atoms with E-state index >= 15 is 0 Å². The number of nitrogens with one attached hydrogen (secondary N) is 1. The molecule has 3 unspecified atom stereocenters. The van der Waals surface area contributed by atoms with Gasteiger partial charge in [0.25, 0.3) is 0 Å². The number of amides is 1. The first-order valence-corrected chi connectivity index (χ1v) is 7.36. The van der Waals surface area contributed by atoms with Gasteiger partial charge in [0, 0.05) is 32.3 Å². The van der Waals surface area contributed by atoms with Crippen LogP contribution in [0.4, 0.5) is 0 Å². The highest BCUT2D eigenvalue weighted by Crippen LogP contribution is 2.21. The fraction of sp³-hybridized carbons (Fsp3) is 0.929. The summed E-state index contributed by atoms with van der Waals surface area (Å²) in [4.78, 5) is 14.4. The molecule has 0 aromatic carbocycles. The maximum absolute atomic E-state index is 12.1. The molecule has 1 aliphatic heterocycles. The first kappa shape index (κ1) is 16.4. The van der Waals surface area contributed by atoms with Crippen molar-refractivity contribution in [1.29, 1.82) is 0 Å². The maximum Gasteiger partial charge on any atom is 0.237 e. The molecule has 0 saturated carbocycles. The Kier molecular flexibility index (Phi) is 7.34. The van der Waals surface area contributed by atoms with Crippen molar-refractivity contribution in [3.8, 4) is 0 Å². The average molecular weight is 271 g/mol. The third-order valence-electron chi connectivity index (χ3n) is 3.90. The molecular weight excluding hydrogens is 242 g/mol. The van der Waals surface area contributed by atoms with Gasteiger partial charge in [-0.25, -0.2) is 0 Å². The molecule has 3 N–H and O–H groups in total. The molecule has 1 heterocycles. The quantitative estimate of drug-likeness (QED) is 0.670. The van der Waals surface area contributed by atoms with Crippen LogP contribution in [0.5, 0.6) is 0 Å². The third kappa shape index (κ3) is 5.09. The van der Waals surface area contributed by atoms with Crippen molar-refractivity contribution in [3.63, 3.8) is 0 Å². The molecule has 0 aromatic rings. The summed E-state index contributed by atoms with van der Waals surface area (Å²) in [6.07, 6.45) is 4.32. The highest BCUT2D eigenvalue weighted by atomic mass is 16.5. The monoisotopic (exact) mass is 271 g/mol. The summed E-state index contributed by atoms with van der Waals surface area (Å²) in [6, 6.07) is 0.344.